The highest BCUT2D eigenvalue weighted by atomic mass is 79.9. The van der Waals surface area contributed by atoms with Gasteiger partial charge in [-0.05, 0) is 69.5 Å². The lowest BCUT2D eigenvalue weighted by Gasteiger charge is -2.13. The van der Waals surface area contributed by atoms with Crippen LogP contribution in [0.1, 0.15) is 21.5 Å². The van der Waals surface area contributed by atoms with E-state index in [2.05, 4.69) is 26.5 Å². The van der Waals surface area contributed by atoms with E-state index in [4.69, 9.17) is 8.92 Å². The van der Waals surface area contributed by atoms with Gasteiger partial charge in [0.1, 0.15) is 4.90 Å². The molecule has 0 saturated carbocycles. The molecule has 7 nitrogen and oxygen atoms in total. The minimum Gasteiger partial charge on any atom is -0.493 e. The second kappa shape index (κ2) is 10.3. The first kappa shape index (κ1) is 24.4. The Hall–Kier alpha value is -3.69. The van der Waals surface area contributed by atoms with Crippen LogP contribution in [0.5, 0.6) is 11.5 Å². The summed E-state index contributed by atoms with van der Waals surface area (Å²) < 4.78 is 36.5. The van der Waals surface area contributed by atoms with Crippen LogP contribution >= 0.6 is 15.9 Å². The van der Waals surface area contributed by atoms with Crippen molar-refractivity contribution in [3.63, 3.8) is 0 Å². The van der Waals surface area contributed by atoms with Crippen molar-refractivity contribution < 1.29 is 22.1 Å². The fourth-order valence-electron chi connectivity index (χ4n) is 3.41. The molecule has 0 saturated heterocycles. The standard InChI is InChI=1S/C26H21BrN2O5S/c1-17-10-12-20(13-11-17)35(31,32)34-25-23(27)14-18(15-24(25)33-2)16-28-29-26(30)22-9-5-7-19-6-3-4-8-21(19)22/h3-16H,1-2H3,(H,29,30)/b28-16-. The number of carbonyl (C=O) groups is 1. The maximum Gasteiger partial charge on any atom is 0.339 e. The van der Waals surface area contributed by atoms with Crippen molar-refractivity contribution in [2.24, 2.45) is 5.10 Å². The Balaban J connectivity index is 1.54. The van der Waals surface area contributed by atoms with Gasteiger partial charge in [0.05, 0.1) is 17.8 Å². The first-order chi connectivity index (χ1) is 16.8. The zero-order valence-electron chi connectivity index (χ0n) is 18.9. The maximum atomic E-state index is 12.7. The number of hydrazone groups is 1. The number of methoxy groups -OCH3 is 1. The molecule has 0 heterocycles. The van der Waals surface area contributed by atoms with Crippen molar-refractivity contribution in [2.45, 2.75) is 11.8 Å². The van der Waals surface area contributed by atoms with Crippen molar-refractivity contribution in [1.82, 2.24) is 5.43 Å². The van der Waals surface area contributed by atoms with Crippen molar-refractivity contribution >= 4 is 48.9 Å². The zero-order chi connectivity index (χ0) is 25.0. The molecule has 4 aromatic rings. The molecule has 0 bridgehead atoms. The molecule has 9 heteroatoms. The predicted octanol–water partition coefficient (Wildman–Crippen LogP) is 5.45. The molecule has 1 N–H and O–H groups in total. The van der Waals surface area contributed by atoms with Gasteiger partial charge in [-0.1, -0.05) is 54.1 Å². The molecular formula is C26H21BrN2O5S. The molecule has 0 fully saturated rings. The molecule has 0 aliphatic carbocycles. The van der Waals surface area contributed by atoms with E-state index in [1.54, 1.807) is 30.3 Å². The van der Waals surface area contributed by atoms with Crippen molar-refractivity contribution in [3.05, 3.63) is 100 Å². The average molecular weight is 553 g/mol. The van der Waals surface area contributed by atoms with Crippen molar-refractivity contribution in [3.8, 4) is 11.5 Å². The summed E-state index contributed by atoms with van der Waals surface area (Å²) in [6.45, 7) is 1.86. The van der Waals surface area contributed by atoms with E-state index in [9.17, 15) is 13.2 Å². The van der Waals surface area contributed by atoms with Crippen LogP contribution in [0.15, 0.2) is 93.3 Å². The monoisotopic (exact) mass is 552 g/mol. The van der Waals surface area contributed by atoms with Gasteiger partial charge in [0.15, 0.2) is 11.5 Å². The van der Waals surface area contributed by atoms with E-state index in [0.717, 1.165) is 16.3 Å². The van der Waals surface area contributed by atoms with E-state index < -0.39 is 10.1 Å². The highest BCUT2D eigenvalue weighted by molar-refractivity contribution is 9.10. The Morgan fingerprint density at radius 1 is 1.00 bits per heavy atom. The molecule has 0 atom stereocenters. The molecule has 4 aromatic carbocycles. The molecule has 0 unspecified atom stereocenters. The minimum absolute atomic E-state index is 0.00464. The van der Waals surface area contributed by atoms with Gasteiger partial charge < -0.3 is 8.92 Å². The normalized spacial score (nSPS) is 11.5. The Labute approximate surface area is 211 Å². The van der Waals surface area contributed by atoms with Crippen LogP contribution in [-0.4, -0.2) is 27.6 Å². The number of fused-ring (bicyclic) bond motifs is 1. The van der Waals surface area contributed by atoms with Crippen LogP contribution in [0.2, 0.25) is 0 Å². The molecule has 4 rings (SSSR count). The average Bonchev–Trinajstić information content (AvgIpc) is 2.85. The second-order valence-electron chi connectivity index (χ2n) is 7.61. The molecule has 178 valence electrons. The number of amides is 1. The van der Waals surface area contributed by atoms with Crippen LogP contribution in [0.25, 0.3) is 10.8 Å². The van der Waals surface area contributed by atoms with Gasteiger partial charge in [0.2, 0.25) is 0 Å². The van der Waals surface area contributed by atoms with Crippen LogP contribution in [-0.2, 0) is 10.1 Å². The summed E-state index contributed by atoms with van der Waals surface area (Å²) in [5.74, 6) is -0.171. The summed E-state index contributed by atoms with van der Waals surface area (Å²) in [5, 5.41) is 5.82. The SMILES string of the molecule is COc1cc(/C=N\NC(=O)c2cccc3ccccc23)cc(Br)c1OS(=O)(=O)c1ccc(C)cc1. The fraction of sp³-hybridized carbons (Fsp3) is 0.0769. The van der Waals surface area contributed by atoms with Crippen molar-refractivity contribution in [2.75, 3.05) is 7.11 Å². The summed E-state index contributed by atoms with van der Waals surface area (Å²) in [4.78, 5) is 12.7. The number of hydrogen-bond donors (Lipinski definition) is 1. The third-order valence-electron chi connectivity index (χ3n) is 5.17. The van der Waals surface area contributed by atoms with Crippen LogP contribution < -0.4 is 14.3 Å². The predicted molar refractivity (Wildman–Crippen MR) is 139 cm³/mol. The third kappa shape index (κ3) is 5.52. The molecule has 35 heavy (non-hydrogen) atoms. The summed E-state index contributed by atoms with van der Waals surface area (Å²) in [6.07, 6.45) is 1.43. The number of rotatable bonds is 7. The molecule has 0 aromatic heterocycles. The molecule has 0 aliphatic rings. The van der Waals surface area contributed by atoms with Crippen molar-refractivity contribution in [1.29, 1.82) is 0 Å². The minimum atomic E-state index is -4.08. The number of nitrogens with one attached hydrogen (secondary N) is 1. The molecule has 0 radical (unpaired) electrons. The summed E-state index contributed by atoms with van der Waals surface area (Å²) in [6, 6.07) is 22.6. The third-order valence-corrected chi connectivity index (χ3v) is 6.99. The van der Waals surface area contributed by atoms with Gasteiger partial charge >= 0.3 is 10.1 Å². The van der Waals surface area contributed by atoms with Gasteiger partial charge in [-0.2, -0.15) is 13.5 Å². The number of aryl methyl sites for hydroxylation is 1. The molecule has 0 spiro atoms. The van der Waals surface area contributed by atoms with E-state index in [0.29, 0.717) is 15.6 Å². The molecule has 0 aliphatic heterocycles. The first-order valence-electron chi connectivity index (χ1n) is 10.5. The van der Waals surface area contributed by atoms with Crippen LogP contribution in [0.4, 0.5) is 0 Å². The Bertz CT molecular complexity index is 1530. The lowest BCUT2D eigenvalue weighted by atomic mass is 10.0. The largest absolute Gasteiger partial charge is 0.493 e. The summed E-state index contributed by atoms with van der Waals surface area (Å²) >= 11 is 3.34. The van der Waals surface area contributed by atoms with Gasteiger partial charge in [-0.25, -0.2) is 5.43 Å². The zero-order valence-corrected chi connectivity index (χ0v) is 21.3. The maximum absolute atomic E-state index is 12.7. The number of benzene rings is 4. The van der Waals surface area contributed by atoms with Gasteiger partial charge in [-0.15, -0.1) is 0 Å². The molecular weight excluding hydrogens is 532 g/mol. The fourth-order valence-corrected chi connectivity index (χ4v) is 5.01. The number of hydrogen-bond acceptors (Lipinski definition) is 6. The lowest BCUT2D eigenvalue weighted by Crippen LogP contribution is -2.18. The van der Waals surface area contributed by atoms with Gasteiger partial charge in [0, 0.05) is 5.56 Å². The Morgan fingerprint density at radius 2 is 1.71 bits per heavy atom. The van der Waals surface area contributed by atoms with Gasteiger partial charge in [0.25, 0.3) is 5.91 Å². The van der Waals surface area contributed by atoms with E-state index in [1.165, 1.54) is 25.5 Å². The van der Waals surface area contributed by atoms with Gasteiger partial charge in [-0.3, -0.25) is 4.79 Å². The van der Waals surface area contributed by atoms with Crippen LogP contribution in [0, 0.1) is 6.92 Å². The summed E-state index contributed by atoms with van der Waals surface area (Å²) in [7, 11) is -2.68. The highest BCUT2D eigenvalue weighted by Crippen LogP contribution is 2.38. The number of nitrogens with zero attached hydrogens (tertiary/aromatic N) is 1. The highest BCUT2D eigenvalue weighted by Gasteiger charge is 2.22. The number of ether oxygens (including phenoxy) is 1. The first-order valence-corrected chi connectivity index (χ1v) is 12.7. The van der Waals surface area contributed by atoms with E-state index >= 15 is 0 Å². The van der Waals surface area contributed by atoms with Crippen LogP contribution in [0.3, 0.4) is 0 Å². The Kier molecular flexibility index (Phi) is 7.18. The summed E-state index contributed by atoms with van der Waals surface area (Å²) in [5.41, 5.74) is 4.50. The smallest absolute Gasteiger partial charge is 0.339 e. The number of carbonyl (C=O) groups excluding carboxylic acids is 1. The number of halogens is 1. The Morgan fingerprint density at radius 3 is 2.46 bits per heavy atom. The quantitative estimate of drug-likeness (QED) is 0.187. The van der Waals surface area contributed by atoms with E-state index in [-0.39, 0.29) is 22.3 Å². The lowest BCUT2D eigenvalue weighted by molar-refractivity contribution is 0.0956. The molecule has 1 amide bonds. The van der Waals surface area contributed by atoms with E-state index in [1.807, 2.05) is 43.3 Å². The second-order valence-corrected chi connectivity index (χ2v) is 10.0. The topological polar surface area (TPSA) is 94.1 Å².